The molecule has 1 aromatic carbocycles. The van der Waals surface area contributed by atoms with Crippen LogP contribution in [0.2, 0.25) is 0 Å². The Kier molecular flexibility index (Phi) is 7.11. The molecule has 1 aliphatic rings. The average Bonchev–Trinajstić information content (AvgIpc) is 3.04. The SMILES string of the molecule is C=C(NCC(C)C)C1=Cc2c(ncnc2Nc2ccc(Oc3ccc(C)nc3)c(C)c2)NCC1. The van der Waals surface area contributed by atoms with E-state index < -0.39 is 0 Å². The lowest BCUT2D eigenvalue weighted by atomic mass is 10.1. The minimum Gasteiger partial charge on any atom is -0.455 e. The van der Waals surface area contributed by atoms with Crippen LogP contribution < -0.4 is 20.7 Å². The van der Waals surface area contributed by atoms with Crippen molar-refractivity contribution >= 4 is 23.4 Å². The second kappa shape index (κ2) is 10.4. The van der Waals surface area contributed by atoms with Crippen LogP contribution in [0.1, 0.15) is 37.1 Å². The topological polar surface area (TPSA) is 84.0 Å². The van der Waals surface area contributed by atoms with E-state index in [0.717, 1.165) is 70.7 Å². The highest BCUT2D eigenvalue weighted by molar-refractivity contribution is 5.79. The van der Waals surface area contributed by atoms with E-state index in [9.17, 15) is 0 Å². The number of pyridine rings is 1. The van der Waals surface area contributed by atoms with Gasteiger partial charge in [-0.25, -0.2) is 9.97 Å². The number of ether oxygens (including phenoxy) is 1. The number of benzene rings is 1. The van der Waals surface area contributed by atoms with Crippen LogP contribution in [0.25, 0.3) is 6.08 Å². The van der Waals surface area contributed by atoms with Crippen molar-refractivity contribution in [2.75, 3.05) is 23.7 Å². The van der Waals surface area contributed by atoms with E-state index in [1.54, 1.807) is 12.5 Å². The van der Waals surface area contributed by atoms with E-state index in [2.05, 4.69) is 57.4 Å². The highest BCUT2D eigenvalue weighted by Gasteiger charge is 2.16. The summed E-state index contributed by atoms with van der Waals surface area (Å²) >= 11 is 0. The van der Waals surface area contributed by atoms with Gasteiger partial charge in [-0.05, 0) is 73.7 Å². The Morgan fingerprint density at radius 1 is 1.15 bits per heavy atom. The fourth-order valence-electron chi connectivity index (χ4n) is 3.63. The summed E-state index contributed by atoms with van der Waals surface area (Å²) in [5, 5.41) is 10.3. The zero-order chi connectivity index (χ0) is 24.1. The molecule has 4 rings (SSSR count). The van der Waals surface area contributed by atoms with E-state index in [0.29, 0.717) is 11.7 Å². The van der Waals surface area contributed by atoms with Crippen LogP contribution in [-0.2, 0) is 0 Å². The van der Waals surface area contributed by atoms with Gasteiger partial charge in [0.15, 0.2) is 0 Å². The fraction of sp³-hybridized carbons (Fsp3) is 0.296. The van der Waals surface area contributed by atoms with Gasteiger partial charge in [0.25, 0.3) is 0 Å². The van der Waals surface area contributed by atoms with Crippen molar-refractivity contribution in [1.82, 2.24) is 20.3 Å². The third-order valence-electron chi connectivity index (χ3n) is 5.55. The summed E-state index contributed by atoms with van der Waals surface area (Å²) in [5.74, 6) is 3.60. The summed E-state index contributed by atoms with van der Waals surface area (Å²) in [6.45, 7) is 14.3. The Morgan fingerprint density at radius 3 is 2.74 bits per heavy atom. The average molecular weight is 457 g/mol. The molecule has 3 N–H and O–H groups in total. The minimum atomic E-state index is 0.548. The molecule has 0 saturated carbocycles. The van der Waals surface area contributed by atoms with Gasteiger partial charge in [0.2, 0.25) is 0 Å². The van der Waals surface area contributed by atoms with E-state index >= 15 is 0 Å². The Hall–Kier alpha value is -3.87. The summed E-state index contributed by atoms with van der Waals surface area (Å²) in [6.07, 6.45) is 6.30. The first-order chi connectivity index (χ1) is 16.4. The standard InChI is InChI=1S/C27H32N6O/c1-17(2)14-30-20(5)21-10-11-28-26-24(13-21)27(32-16-31-26)33-22-7-9-25(18(3)12-22)34-23-8-6-19(4)29-15-23/h6-9,12-13,15-17,30H,5,10-11,14H2,1-4H3,(H2,28,31,32,33). The molecule has 0 unspecified atom stereocenters. The van der Waals surface area contributed by atoms with Gasteiger partial charge in [0, 0.05) is 30.2 Å². The summed E-state index contributed by atoms with van der Waals surface area (Å²) in [6, 6.07) is 9.84. The summed E-state index contributed by atoms with van der Waals surface area (Å²) in [4.78, 5) is 13.3. The lowest BCUT2D eigenvalue weighted by molar-refractivity contribution is 0.476. The van der Waals surface area contributed by atoms with E-state index in [-0.39, 0.29) is 0 Å². The summed E-state index contributed by atoms with van der Waals surface area (Å²) in [7, 11) is 0. The molecule has 7 nitrogen and oxygen atoms in total. The number of hydrogen-bond donors (Lipinski definition) is 3. The smallest absolute Gasteiger partial charge is 0.145 e. The van der Waals surface area contributed by atoms with Gasteiger partial charge in [-0.1, -0.05) is 20.4 Å². The van der Waals surface area contributed by atoms with Gasteiger partial charge in [0.05, 0.1) is 11.8 Å². The van der Waals surface area contributed by atoms with Gasteiger partial charge in [-0.3, -0.25) is 4.98 Å². The minimum absolute atomic E-state index is 0.548. The molecule has 0 atom stereocenters. The maximum Gasteiger partial charge on any atom is 0.145 e. The first-order valence-corrected chi connectivity index (χ1v) is 11.6. The lowest BCUT2D eigenvalue weighted by Crippen LogP contribution is -2.20. The molecule has 0 amide bonds. The monoisotopic (exact) mass is 456 g/mol. The van der Waals surface area contributed by atoms with Crippen molar-refractivity contribution in [2.45, 2.75) is 34.1 Å². The molecule has 0 fully saturated rings. The molecule has 0 saturated heterocycles. The molecule has 0 bridgehead atoms. The van der Waals surface area contributed by atoms with Gasteiger partial charge < -0.3 is 20.7 Å². The number of aryl methyl sites for hydroxylation is 2. The van der Waals surface area contributed by atoms with E-state index in [4.69, 9.17) is 4.74 Å². The van der Waals surface area contributed by atoms with Crippen LogP contribution in [0.5, 0.6) is 11.5 Å². The molecule has 2 aromatic heterocycles. The summed E-state index contributed by atoms with van der Waals surface area (Å²) < 4.78 is 6.00. The van der Waals surface area contributed by atoms with Crippen LogP contribution >= 0.6 is 0 Å². The number of anilines is 3. The third kappa shape index (κ3) is 5.73. The number of hydrogen-bond acceptors (Lipinski definition) is 7. The Balaban J connectivity index is 1.56. The van der Waals surface area contributed by atoms with Crippen molar-refractivity contribution in [3.8, 4) is 11.5 Å². The molecule has 0 radical (unpaired) electrons. The molecule has 34 heavy (non-hydrogen) atoms. The fourth-order valence-corrected chi connectivity index (χ4v) is 3.63. The Bertz CT molecular complexity index is 1200. The Labute approximate surface area is 201 Å². The van der Waals surface area contributed by atoms with Crippen LogP contribution in [-0.4, -0.2) is 28.0 Å². The number of rotatable bonds is 8. The number of aromatic nitrogens is 3. The summed E-state index contributed by atoms with van der Waals surface area (Å²) in [5.41, 5.74) is 5.90. The quantitative estimate of drug-likeness (QED) is 0.384. The molecular weight excluding hydrogens is 424 g/mol. The van der Waals surface area contributed by atoms with Gasteiger partial charge in [0.1, 0.15) is 29.5 Å². The second-order valence-corrected chi connectivity index (χ2v) is 8.93. The predicted octanol–water partition coefficient (Wildman–Crippen LogP) is 5.98. The van der Waals surface area contributed by atoms with Gasteiger partial charge in [-0.2, -0.15) is 0 Å². The number of nitrogens with zero attached hydrogens (tertiary/aromatic N) is 3. The number of nitrogens with one attached hydrogen (secondary N) is 3. The normalized spacial score (nSPS) is 12.8. The molecule has 3 aromatic rings. The first kappa shape index (κ1) is 23.3. The Morgan fingerprint density at radius 2 is 2.00 bits per heavy atom. The molecule has 176 valence electrons. The van der Waals surface area contributed by atoms with Gasteiger partial charge >= 0.3 is 0 Å². The molecule has 0 spiro atoms. The van der Waals surface area contributed by atoms with Crippen LogP contribution in [0, 0.1) is 19.8 Å². The molecule has 3 heterocycles. The predicted molar refractivity (Wildman–Crippen MR) is 139 cm³/mol. The van der Waals surface area contributed by atoms with E-state index in [1.807, 2.05) is 44.2 Å². The van der Waals surface area contributed by atoms with Crippen molar-refractivity contribution in [2.24, 2.45) is 5.92 Å². The number of allylic oxidation sites excluding steroid dienone is 1. The van der Waals surface area contributed by atoms with Crippen LogP contribution in [0.4, 0.5) is 17.3 Å². The molecule has 1 aliphatic heterocycles. The zero-order valence-corrected chi connectivity index (χ0v) is 20.3. The maximum atomic E-state index is 6.00. The molecule has 7 heteroatoms. The maximum absolute atomic E-state index is 6.00. The zero-order valence-electron chi connectivity index (χ0n) is 20.3. The third-order valence-corrected chi connectivity index (χ3v) is 5.55. The van der Waals surface area contributed by atoms with E-state index in [1.165, 1.54) is 0 Å². The van der Waals surface area contributed by atoms with Gasteiger partial charge in [-0.15, -0.1) is 0 Å². The van der Waals surface area contributed by atoms with Crippen molar-refractivity contribution < 1.29 is 4.74 Å². The largest absolute Gasteiger partial charge is 0.455 e. The van der Waals surface area contributed by atoms with Crippen molar-refractivity contribution in [3.05, 3.63) is 77.5 Å². The van der Waals surface area contributed by atoms with Crippen molar-refractivity contribution in [1.29, 1.82) is 0 Å². The molecule has 0 aliphatic carbocycles. The van der Waals surface area contributed by atoms with Crippen LogP contribution in [0.3, 0.4) is 0 Å². The van der Waals surface area contributed by atoms with Crippen molar-refractivity contribution in [3.63, 3.8) is 0 Å². The second-order valence-electron chi connectivity index (χ2n) is 8.93. The first-order valence-electron chi connectivity index (χ1n) is 11.6. The van der Waals surface area contributed by atoms with Crippen LogP contribution in [0.15, 0.2) is 60.7 Å². The highest BCUT2D eigenvalue weighted by Crippen LogP contribution is 2.32. The number of fused-ring (bicyclic) bond motifs is 1. The molecular formula is C27H32N6O. The highest BCUT2D eigenvalue weighted by atomic mass is 16.5. The lowest BCUT2D eigenvalue weighted by Gasteiger charge is -2.15.